The number of carbonyl (C=O) groups excluding carboxylic acids is 2. The first-order valence-corrected chi connectivity index (χ1v) is 9.11. The van der Waals surface area contributed by atoms with Gasteiger partial charge in [0.15, 0.2) is 0 Å². The Morgan fingerprint density at radius 3 is 2.50 bits per heavy atom. The summed E-state index contributed by atoms with van der Waals surface area (Å²) in [6.45, 7) is 0.0596. The Bertz CT molecular complexity index is 992. The largest absolute Gasteiger partial charge is 0.383 e. The van der Waals surface area contributed by atoms with Crippen molar-refractivity contribution in [2.24, 2.45) is 0 Å². The molecule has 8 heteroatoms. The quantitative estimate of drug-likeness (QED) is 0.573. The zero-order chi connectivity index (χ0) is 20.1. The summed E-state index contributed by atoms with van der Waals surface area (Å²) in [6.07, 6.45) is -0.782. The molecular weight excluding hydrogens is 386 g/mol. The summed E-state index contributed by atoms with van der Waals surface area (Å²) in [5, 5.41) is 14.8. The summed E-state index contributed by atoms with van der Waals surface area (Å²) >= 11 is 1.29. The van der Waals surface area contributed by atoms with Crippen LogP contribution in [0.4, 0.5) is 14.5 Å². The highest BCUT2D eigenvalue weighted by Crippen LogP contribution is 2.28. The SMILES string of the molecule is O=C(NCc1ccc(C(O)c2ccccc2)s1)C(=O)Nc1cc(F)ccc1F. The maximum atomic E-state index is 13.5. The molecular formula is C20H16F2N2O3S. The van der Waals surface area contributed by atoms with E-state index in [4.69, 9.17) is 0 Å². The van der Waals surface area contributed by atoms with Crippen molar-refractivity contribution < 1.29 is 23.5 Å². The normalized spacial score (nSPS) is 11.7. The van der Waals surface area contributed by atoms with E-state index in [2.05, 4.69) is 5.32 Å². The van der Waals surface area contributed by atoms with Crippen molar-refractivity contribution in [2.45, 2.75) is 12.6 Å². The van der Waals surface area contributed by atoms with Crippen molar-refractivity contribution in [3.05, 3.63) is 87.6 Å². The topological polar surface area (TPSA) is 78.4 Å². The molecule has 5 nitrogen and oxygen atoms in total. The minimum atomic E-state index is -1.11. The molecule has 0 saturated carbocycles. The number of nitrogens with one attached hydrogen (secondary N) is 2. The molecule has 3 rings (SSSR count). The molecule has 1 heterocycles. The second-order valence-corrected chi connectivity index (χ2v) is 7.08. The number of aliphatic hydroxyl groups is 1. The minimum Gasteiger partial charge on any atom is -0.383 e. The molecule has 0 aliphatic carbocycles. The van der Waals surface area contributed by atoms with Gasteiger partial charge in [-0.3, -0.25) is 9.59 Å². The molecule has 0 saturated heterocycles. The molecule has 2 amide bonds. The lowest BCUT2D eigenvalue weighted by Crippen LogP contribution is -2.35. The number of aliphatic hydroxyl groups excluding tert-OH is 1. The maximum absolute atomic E-state index is 13.5. The number of halogens is 2. The van der Waals surface area contributed by atoms with Gasteiger partial charge in [-0.2, -0.15) is 0 Å². The van der Waals surface area contributed by atoms with Crippen LogP contribution in [0.2, 0.25) is 0 Å². The van der Waals surface area contributed by atoms with E-state index in [0.717, 1.165) is 28.6 Å². The molecule has 1 atom stereocenters. The standard InChI is InChI=1S/C20H16F2N2O3S/c21-13-6-8-15(22)16(10-13)24-20(27)19(26)23-11-14-7-9-17(28-14)18(25)12-4-2-1-3-5-12/h1-10,18,25H,11H2,(H,23,26)(H,24,27). The van der Waals surface area contributed by atoms with Gasteiger partial charge in [0.05, 0.1) is 12.2 Å². The third-order valence-electron chi connectivity index (χ3n) is 3.87. The molecule has 0 bridgehead atoms. The summed E-state index contributed by atoms with van der Waals surface area (Å²) in [5.74, 6) is -3.67. The zero-order valence-electron chi connectivity index (χ0n) is 14.5. The molecule has 3 aromatic rings. The fourth-order valence-electron chi connectivity index (χ4n) is 2.46. The van der Waals surface area contributed by atoms with Gasteiger partial charge in [0, 0.05) is 15.8 Å². The van der Waals surface area contributed by atoms with Crippen LogP contribution in [-0.2, 0) is 16.1 Å². The molecule has 0 spiro atoms. The monoisotopic (exact) mass is 402 g/mol. The lowest BCUT2D eigenvalue weighted by Gasteiger charge is -2.08. The van der Waals surface area contributed by atoms with E-state index in [1.54, 1.807) is 12.1 Å². The summed E-state index contributed by atoms with van der Waals surface area (Å²) in [7, 11) is 0. The first-order chi connectivity index (χ1) is 13.4. The van der Waals surface area contributed by atoms with Crippen molar-refractivity contribution in [2.75, 3.05) is 5.32 Å². The van der Waals surface area contributed by atoms with Crippen molar-refractivity contribution >= 4 is 28.8 Å². The Balaban J connectivity index is 1.57. The van der Waals surface area contributed by atoms with Crippen LogP contribution in [0.1, 0.15) is 21.4 Å². The third kappa shape index (κ3) is 4.79. The van der Waals surface area contributed by atoms with Crippen LogP contribution in [0.15, 0.2) is 60.7 Å². The Morgan fingerprint density at radius 1 is 1.00 bits per heavy atom. The Hall–Kier alpha value is -3.10. The maximum Gasteiger partial charge on any atom is 0.313 e. The fraction of sp³-hybridized carbons (Fsp3) is 0.100. The minimum absolute atomic E-state index is 0.0596. The van der Waals surface area contributed by atoms with Crippen LogP contribution < -0.4 is 10.6 Å². The van der Waals surface area contributed by atoms with E-state index < -0.39 is 35.2 Å². The third-order valence-corrected chi connectivity index (χ3v) is 5.01. The number of anilines is 1. The van der Waals surface area contributed by atoms with E-state index in [0.29, 0.717) is 4.88 Å². The van der Waals surface area contributed by atoms with E-state index in [1.165, 1.54) is 11.3 Å². The van der Waals surface area contributed by atoms with Gasteiger partial charge < -0.3 is 15.7 Å². The molecule has 3 N–H and O–H groups in total. The van der Waals surface area contributed by atoms with E-state index in [9.17, 15) is 23.5 Å². The Morgan fingerprint density at radius 2 is 1.75 bits per heavy atom. The number of hydrogen-bond donors (Lipinski definition) is 3. The molecule has 0 aliphatic heterocycles. The molecule has 2 aromatic carbocycles. The van der Waals surface area contributed by atoms with Crippen molar-refractivity contribution in [1.29, 1.82) is 0 Å². The second kappa shape index (κ2) is 8.73. The number of carbonyl (C=O) groups is 2. The fourth-order valence-corrected chi connectivity index (χ4v) is 3.42. The highest BCUT2D eigenvalue weighted by molar-refractivity contribution is 7.12. The first kappa shape index (κ1) is 19.7. The second-order valence-electron chi connectivity index (χ2n) is 5.88. The number of amides is 2. The van der Waals surface area contributed by atoms with Crippen molar-refractivity contribution in [3.8, 4) is 0 Å². The lowest BCUT2D eigenvalue weighted by atomic mass is 10.1. The molecule has 28 heavy (non-hydrogen) atoms. The summed E-state index contributed by atoms with van der Waals surface area (Å²) in [6, 6.07) is 15.1. The predicted molar refractivity (Wildman–Crippen MR) is 102 cm³/mol. The average Bonchev–Trinajstić information content (AvgIpc) is 3.18. The van der Waals surface area contributed by atoms with Gasteiger partial charge in [0.2, 0.25) is 0 Å². The molecule has 1 aromatic heterocycles. The van der Waals surface area contributed by atoms with E-state index in [1.807, 2.05) is 35.6 Å². The number of rotatable bonds is 5. The molecule has 0 aliphatic rings. The summed E-state index contributed by atoms with van der Waals surface area (Å²) in [4.78, 5) is 25.2. The number of benzene rings is 2. The number of hydrogen-bond acceptors (Lipinski definition) is 4. The van der Waals surface area contributed by atoms with Crippen LogP contribution in [0.5, 0.6) is 0 Å². The molecule has 144 valence electrons. The highest BCUT2D eigenvalue weighted by atomic mass is 32.1. The molecule has 0 fully saturated rings. The first-order valence-electron chi connectivity index (χ1n) is 8.30. The highest BCUT2D eigenvalue weighted by Gasteiger charge is 2.17. The smallest absolute Gasteiger partial charge is 0.313 e. The summed E-state index contributed by atoms with van der Waals surface area (Å²) < 4.78 is 26.6. The molecule has 1 unspecified atom stereocenters. The van der Waals surface area contributed by atoms with Gasteiger partial charge in [-0.15, -0.1) is 11.3 Å². The average molecular weight is 402 g/mol. The summed E-state index contributed by atoms with van der Waals surface area (Å²) in [5.41, 5.74) is 0.334. The van der Waals surface area contributed by atoms with Crippen molar-refractivity contribution in [1.82, 2.24) is 5.32 Å². The van der Waals surface area contributed by atoms with E-state index >= 15 is 0 Å². The van der Waals surface area contributed by atoms with Gasteiger partial charge in [0.25, 0.3) is 0 Å². The Kier molecular flexibility index (Phi) is 6.13. The van der Waals surface area contributed by atoms with Crippen LogP contribution in [0.25, 0.3) is 0 Å². The van der Waals surface area contributed by atoms with Crippen LogP contribution in [-0.4, -0.2) is 16.9 Å². The van der Waals surface area contributed by atoms with Gasteiger partial charge in [-0.25, -0.2) is 8.78 Å². The van der Waals surface area contributed by atoms with Crippen molar-refractivity contribution in [3.63, 3.8) is 0 Å². The van der Waals surface area contributed by atoms with Gasteiger partial charge in [-0.05, 0) is 29.8 Å². The predicted octanol–water partition coefficient (Wildman–Crippen LogP) is 3.36. The van der Waals surface area contributed by atoms with Gasteiger partial charge in [0.1, 0.15) is 17.7 Å². The van der Waals surface area contributed by atoms with E-state index in [-0.39, 0.29) is 6.54 Å². The number of thiophene rings is 1. The zero-order valence-corrected chi connectivity index (χ0v) is 15.3. The van der Waals surface area contributed by atoms with Crippen LogP contribution >= 0.6 is 11.3 Å². The molecule has 0 radical (unpaired) electrons. The lowest BCUT2D eigenvalue weighted by molar-refractivity contribution is -0.136. The van der Waals surface area contributed by atoms with Gasteiger partial charge >= 0.3 is 11.8 Å². The van der Waals surface area contributed by atoms with Gasteiger partial charge in [-0.1, -0.05) is 30.3 Å². The van der Waals surface area contributed by atoms with Crippen LogP contribution in [0.3, 0.4) is 0 Å². The van der Waals surface area contributed by atoms with Crippen LogP contribution in [0, 0.1) is 11.6 Å². The Labute approximate surface area is 163 Å².